The first kappa shape index (κ1) is 13.2. The molecule has 0 amide bonds. The van der Waals surface area contributed by atoms with Gasteiger partial charge in [-0.1, -0.05) is 41.4 Å². The molecule has 2 nitrogen and oxygen atoms in total. The zero-order valence-electron chi connectivity index (χ0n) is 9.45. The SMILES string of the molecule is CCCCOC(CBr)OC1C=CCCC1. The Morgan fingerprint density at radius 2 is 2.40 bits per heavy atom. The molecule has 1 aliphatic carbocycles. The van der Waals surface area contributed by atoms with E-state index in [-0.39, 0.29) is 12.4 Å². The van der Waals surface area contributed by atoms with Crippen molar-refractivity contribution in [3.05, 3.63) is 12.2 Å². The number of hydrogen-bond donors (Lipinski definition) is 0. The number of hydrogen-bond acceptors (Lipinski definition) is 2. The molecule has 1 rings (SSSR count). The largest absolute Gasteiger partial charge is 0.352 e. The monoisotopic (exact) mass is 276 g/mol. The van der Waals surface area contributed by atoms with E-state index in [0.29, 0.717) is 0 Å². The van der Waals surface area contributed by atoms with Crippen molar-refractivity contribution in [2.45, 2.75) is 51.4 Å². The van der Waals surface area contributed by atoms with E-state index in [1.165, 1.54) is 19.3 Å². The lowest BCUT2D eigenvalue weighted by molar-refractivity contribution is -0.147. The summed E-state index contributed by atoms with van der Waals surface area (Å²) in [6.07, 6.45) is 10.3. The fourth-order valence-corrected chi connectivity index (χ4v) is 1.91. The molecular formula is C12H21BrO2. The van der Waals surface area contributed by atoms with Gasteiger partial charge in [-0.05, 0) is 25.7 Å². The van der Waals surface area contributed by atoms with Gasteiger partial charge in [0.1, 0.15) is 0 Å². The summed E-state index contributed by atoms with van der Waals surface area (Å²) in [6.45, 7) is 2.96. The highest BCUT2D eigenvalue weighted by atomic mass is 79.9. The van der Waals surface area contributed by atoms with Gasteiger partial charge in [0.2, 0.25) is 0 Å². The topological polar surface area (TPSA) is 18.5 Å². The van der Waals surface area contributed by atoms with Gasteiger partial charge >= 0.3 is 0 Å². The van der Waals surface area contributed by atoms with E-state index in [4.69, 9.17) is 9.47 Å². The fraction of sp³-hybridized carbons (Fsp3) is 0.833. The van der Waals surface area contributed by atoms with Crippen LogP contribution in [0.15, 0.2) is 12.2 Å². The molecule has 0 saturated heterocycles. The van der Waals surface area contributed by atoms with Crippen molar-refractivity contribution in [2.75, 3.05) is 11.9 Å². The Morgan fingerprint density at radius 1 is 1.53 bits per heavy atom. The molecule has 0 heterocycles. The van der Waals surface area contributed by atoms with Crippen LogP contribution in [0.5, 0.6) is 0 Å². The molecule has 3 heteroatoms. The van der Waals surface area contributed by atoms with E-state index in [9.17, 15) is 0 Å². The van der Waals surface area contributed by atoms with E-state index in [1.54, 1.807) is 0 Å². The van der Waals surface area contributed by atoms with Crippen LogP contribution in [0.1, 0.15) is 39.0 Å². The highest BCUT2D eigenvalue weighted by molar-refractivity contribution is 9.09. The molecule has 0 fully saturated rings. The molecule has 0 aromatic rings. The van der Waals surface area contributed by atoms with Gasteiger partial charge in [-0.2, -0.15) is 0 Å². The first-order chi connectivity index (χ1) is 7.36. The first-order valence-electron chi connectivity index (χ1n) is 5.86. The Morgan fingerprint density at radius 3 is 3.00 bits per heavy atom. The van der Waals surface area contributed by atoms with Crippen molar-refractivity contribution < 1.29 is 9.47 Å². The van der Waals surface area contributed by atoms with Crippen LogP contribution in [-0.2, 0) is 9.47 Å². The van der Waals surface area contributed by atoms with Gasteiger partial charge in [0, 0.05) is 6.61 Å². The fourth-order valence-electron chi connectivity index (χ4n) is 1.57. The lowest BCUT2D eigenvalue weighted by Gasteiger charge is -2.23. The number of rotatable bonds is 7. The van der Waals surface area contributed by atoms with E-state index in [2.05, 4.69) is 35.0 Å². The summed E-state index contributed by atoms with van der Waals surface area (Å²) in [5.41, 5.74) is 0. The van der Waals surface area contributed by atoms with Crippen LogP contribution in [0, 0.1) is 0 Å². The highest BCUT2D eigenvalue weighted by Crippen LogP contribution is 2.16. The maximum atomic E-state index is 5.83. The second kappa shape index (κ2) is 8.31. The minimum atomic E-state index is -0.0932. The van der Waals surface area contributed by atoms with E-state index < -0.39 is 0 Å². The van der Waals surface area contributed by atoms with Crippen LogP contribution in [0.25, 0.3) is 0 Å². The van der Waals surface area contributed by atoms with Gasteiger partial charge in [-0.25, -0.2) is 0 Å². The van der Waals surface area contributed by atoms with Crippen LogP contribution >= 0.6 is 15.9 Å². The predicted octanol–water partition coefficient (Wildman–Crippen LogP) is 3.65. The number of ether oxygens (including phenoxy) is 2. The molecule has 0 aromatic heterocycles. The van der Waals surface area contributed by atoms with Crippen molar-refractivity contribution in [1.82, 2.24) is 0 Å². The Labute approximate surface area is 101 Å². The summed E-state index contributed by atoms with van der Waals surface area (Å²) in [5.74, 6) is 0. The third-order valence-corrected chi connectivity index (χ3v) is 2.99. The maximum Gasteiger partial charge on any atom is 0.167 e. The van der Waals surface area contributed by atoms with Crippen molar-refractivity contribution in [2.24, 2.45) is 0 Å². The molecule has 0 aliphatic heterocycles. The number of unbranched alkanes of at least 4 members (excludes halogenated alkanes) is 1. The maximum absolute atomic E-state index is 5.83. The van der Waals surface area contributed by atoms with Crippen molar-refractivity contribution in [3.8, 4) is 0 Å². The highest BCUT2D eigenvalue weighted by Gasteiger charge is 2.15. The van der Waals surface area contributed by atoms with Crippen LogP contribution in [0.3, 0.4) is 0 Å². The second-order valence-corrected chi connectivity index (χ2v) is 4.49. The van der Waals surface area contributed by atoms with Gasteiger partial charge in [0.15, 0.2) is 6.29 Å². The van der Waals surface area contributed by atoms with Crippen molar-refractivity contribution in [3.63, 3.8) is 0 Å². The molecule has 0 saturated carbocycles. The normalized spacial score (nSPS) is 22.9. The molecule has 1 aliphatic rings. The first-order valence-corrected chi connectivity index (χ1v) is 6.98. The summed E-state index contributed by atoms with van der Waals surface area (Å²) < 4.78 is 11.5. The predicted molar refractivity (Wildman–Crippen MR) is 66.3 cm³/mol. The molecule has 0 bridgehead atoms. The summed E-state index contributed by atoms with van der Waals surface area (Å²) in [6, 6.07) is 0. The molecule has 2 unspecified atom stereocenters. The number of halogens is 1. The van der Waals surface area contributed by atoms with Gasteiger partial charge in [-0.15, -0.1) is 0 Å². The standard InChI is InChI=1S/C12H21BrO2/c1-2-3-9-14-12(10-13)15-11-7-5-4-6-8-11/h5,7,11-12H,2-4,6,8-10H2,1H3. The van der Waals surface area contributed by atoms with Crippen LogP contribution < -0.4 is 0 Å². The molecule has 0 aromatic carbocycles. The third kappa shape index (κ3) is 5.69. The molecule has 2 atom stereocenters. The molecule has 88 valence electrons. The van der Waals surface area contributed by atoms with Gasteiger partial charge < -0.3 is 9.47 Å². The Kier molecular flexibility index (Phi) is 7.32. The van der Waals surface area contributed by atoms with Crippen molar-refractivity contribution in [1.29, 1.82) is 0 Å². The smallest absolute Gasteiger partial charge is 0.167 e. The zero-order chi connectivity index (χ0) is 10.9. The Hall–Kier alpha value is 0.140. The zero-order valence-corrected chi connectivity index (χ0v) is 11.0. The van der Waals surface area contributed by atoms with E-state index in [1.807, 2.05) is 0 Å². The van der Waals surface area contributed by atoms with Crippen LogP contribution in [0.4, 0.5) is 0 Å². The van der Waals surface area contributed by atoms with Crippen molar-refractivity contribution >= 4 is 15.9 Å². The van der Waals surface area contributed by atoms with E-state index in [0.717, 1.165) is 24.8 Å². The molecule has 0 N–H and O–H groups in total. The summed E-state index contributed by atoms with van der Waals surface area (Å²) in [4.78, 5) is 0. The van der Waals surface area contributed by atoms with Crippen LogP contribution in [0.2, 0.25) is 0 Å². The minimum absolute atomic E-state index is 0.0932. The summed E-state index contributed by atoms with van der Waals surface area (Å²) >= 11 is 3.42. The number of allylic oxidation sites excluding steroid dienone is 1. The van der Waals surface area contributed by atoms with Gasteiger partial charge in [-0.3, -0.25) is 0 Å². The minimum Gasteiger partial charge on any atom is -0.352 e. The quantitative estimate of drug-likeness (QED) is 0.306. The molecule has 15 heavy (non-hydrogen) atoms. The van der Waals surface area contributed by atoms with E-state index >= 15 is 0 Å². The molecular weight excluding hydrogens is 256 g/mol. The summed E-state index contributed by atoms with van der Waals surface area (Å²) in [5, 5.41) is 0.751. The average molecular weight is 277 g/mol. The average Bonchev–Trinajstić information content (AvgIpc) is 2.29. The van der Waals surface area contributed by atoms with Crippen LogP contribution in [-0.4, -0.2) is 24.3 Å². The summed E-state index contributed by atoms with van der Waals surface area (Å²) in [7, 11) is 0. The van der Waals surface area contributed by atoms with Gasteiger partial charge in [0.25, 0.3) is 0 Å². The number of alkyl halides is 1. The lowest BCUT2D eigenvalue weighted by atomic mass is 10.1. The second-order valence-electron chi connectivity index (χ2n) is 3.84. The lowest BCUT2D eigenvalue weighted by Crippen LogP contribution is -2.26. The van der Waals surface area contributed by atoms with Gasteiger partial charge in [0.05, 0.1) is 11.4 Å². The Bertz CT molecular complexity index is 182. The third-order valence-electron chi connectivity index (χ3n) is 2.46. The molecule has 0 spiro atoms. The Balaban J connectivity index is 2.19. The molecule has 0 radical (unpaired) electrons.